The quantitative estimate of drug-likeness (QED) is 0.840. The van der Waals surface area contributed by atoms with Crippen LogP contribution in [0, 0.1) is 6.92 Å². The molecule has 0 saturated carbocycles. The molecule has 2 heterocycles. The number of hydrogen-bond donors (Lipinski definition) is 1. The zero-order valence-electron chi connectivity index (χ0n) is 16.0. The second-order valence-electron chi connectivity index (χ2n) is 6.80. The summed E-state index contributed by atoms with van der Waals surface area (Å²) in [6.45, 7) is 2.71. The summed E-state index contributed by atoms with van der Waals surface area (Å²) in [6, 6.07) is 8.72. The number of carboxylic acid groups (broad SMARTS) is 1. The van der Waals surface area contributed by atoms with Crippen molar-refractivity contribution >= 4 is 5.97 Å². The van der Waals surface area contributed by atoms with Crippen molar-refractivity contribution in [1.29, 1.82) is 0 Å². The molecule has 2 unspecified atom stereocenters. The molecular weight excluding hydrogens is 344 g/mol. The van der Waals surface area contributed by atoms with Crippen LogP contribution >= 0.6 is 0 Å². The second-order valence-corrected chi connectivity index (χ2v) is 6.80. The fourth-order valence-corrected chi connectivity index (χ4v) is 3.84. The van der Waals surface area contributed by atoms with Crippen LogP contribution in [0.1, 0.15) is 42.1 Å². The number of benzene rings is 1. The number of nitrogens with zero attached hydrogens (tertiary/aromatic N) is 2. The lowest BCUT2D eigenvalue weighted by molar-refractivity contribution is -0.145. The molecule has 0 radical (unpaired) electrons. The molecule has 1 aromatic heterocycles. The van der Waals surface area contributed by atoms with E-state index in [-0.39, 0.29) is 6.04 Å². The van der Waals surface area contributed by atoms with E-state index in [1.54, 1.807) is 20.4 Å². The van der Waals surface area contributed by atoms with Crippen LogP contribution in [-0.4, -0.2) is 47.8 Å². The van der Waals surface area contributed by atoms with Crippen LogP contribution in [0.15, 0.2) is 36.5 Å². The fourth-order valence-electron chi connectivity index (χ4n) is 3.84. The van der Waals surface area contributed by atoms with Gasteiger partial charge in [0.05, 0.1) is 26.0 Å². The van der Waals surface area contributed by atoms with E-state index in [0.29, 0.717) is 24.5 Å². The van der Waals surface area contributed by atoms with E-state index in [4.69, 9.17) is 9.47 Å². The van der Waals surface area contributed by atoms with Gasteiger partial charge in [-0.25, -0.2) is 0 Å². The van der Waals surface area contributed by atoms with Crippen LogP contribution in [0.2, 0.25) is 0 Å². The third-order valence-electron chi connectivity index (χ3n) is 5.21. The summed E-state index contributed by atoms with van der Waals surface area (Å²) in [5.41, 5.74) is 2.78. The highest BCUT2D eigenvalue weighted by Crippen LogP contribution is 2.40. The summed E-state index contributed by atoms with van der Waals surface area (Å²) in [5.74, 6) is 0.570. The molecule has 6 heteroatoms. The Balaban J connectivity index is 2.17. The van der Waals surface area contributed by atoms with Gasteiger partial charge >= 0.3 is 5.97 Å². The molecule has 2 aromatic rings. The smallest absolute Gasteiger partial charge is 0.320 e. The molecule has 1 aromatic carbocycles. The van der Waals surface area contributed by atoms with Gasteiger partial charge in [-0.1, -0.05) is 12.5 Å². The highest BCUT2D eigenvalue weighted by atomic mass is 16.5. The van der Waals surface area contributed by atoms with E-state index in [1.807, 2.05) is 42.2 Å². The summed E-state index contributed by atoms with van der Waals surface area (Å²) in [5, 5.41) is 9.82. The predicted octanol–water partition coefficient (Wildman–Crippen LogP) is 3.44. The van der Waals surface area contributed by atoms with Crippen LogP contribution in [0.5, 0.6) is 11.5 Å². The average Bonchev–Trinajstić information content (AvgIpc) is 2.70. The summed E-state index contributed by atoms with van der Waals surface area (Å²) in [7, 11) is 3.23. The third-order valence-corrected chi connectivity index (χ3v) is 5.21. The first-order valence-corrected chi connectivity index (χ1v) is 9.18. The number of carbonyl (C=O) groups is 1. The number of hydrogen-bond acceptors (Lipinski definition) is 5. The normalized spacial score (nSPS) is 18.7. The van der Waals surface area contributed by atoms with Gasteiger partial charge in [-0.05, 0) is 50.1 Å². The Bertz CT molecular complexity index is 809. The zero-order valence-corrected chi connectivity index (χ0v) is 16.0. The monoisotopic (exact) mass is 370 g/mol. The number of aliphatic carboxylic acids is 1. The summed E-state index contributed by atoms with van der Waals surface area (Å²) < 4.78 is 11.0. The fraction of sp³-hybridized carbons (Fsp3) is 0.429. The molecule has 2 atom stereocenters. The SMILES string of the molecule is COc1ccc(C(c2ncccc2C)N2CCCCC2C(=O)O)c(OC)c1. The van der Waals surface area contributed by atoms with Gasteiger partial charge in [-0.2, -0.15) is 0 Å². The Kier molecular flexibility index (Phi) is 5.96. The number of likely N-dealkylation sites (tertiary alicyclic amines) is 1. The van der Waals surface area contributed by atoms with Crippen molar-refractivity contribution in [3.63, 3.8) is 0 Å². The van der Waals surface area contributed by atoms with Crippen molar-refractivity contribution in [2.75, 3.05) is 20.8 Å². The maximum atomic E-state index is 12.0. The van der Waals surface area contributed by atoms with Gasteiger partial charge in [0.25, 0.3) is 0 Å². The van der Waals surface area contributed by atoms with Crippen molar-refractivity contribution in [3.8, 4) is 11.5 Å². The molecule has 3 rings (SSSR count). The lowest BCUT2D eigenvalue weighted by Crippen LogP contribution is -2.47. The summed E-state index contributed by atoms with van der Waals surface area (Å²) in [4.78, 5) is 18.6. The number of piperidine rings is 1. The topological polar surface area (TPSA) is 71.9 Å². The van der Waals surface area contributed by atoms with E-state index in [1.165, 1.54) is 0 Å². The number of methoxy groups -OCH3 is 2. The Morgan fingerprint density at radius 1 is 1.26 bits per heavy atom. The Morgan fingerprint density at radius 3 is 2.74 bits per heavy atom. The molecule has 1 N–H and O–H groups in total. The van der Waals surface area contributed by atoms with Gasteiger partial charge < -0.3 is 14.6 Å². The molecule has 0 aliphatic carbocycles. The highest BCUT2D eigenvalue weighted by Gasteiger charge is 2.37. The minimum absolute atomic E-state index is 0.298. The summed E-state index contributed by atoms with van der Waals surface area (Å²) in [6.07, 6.45) is 4.27. The van der Waals surface area contributed by atoms with Crippen molar-refractivity contribution in [2.24, 2.45) is 0 Å². The zero-order chi connectivity index (χ0) is 19.4. The van der Waals surface area contributed by atoms with E-state index < -0.39 is 12.0 Å². The van der Waals surface area contributed by atoms with Crippen LogP contribution in [0.25, 0.3) is 0 Å². The number of pyridine rings is 1. The molecule has 0 bridgehead atoms. The highest BCUT2D eigenvalue weighted by molar-refractivity contribution is 5.73. The number of rotatable bonds is 6. The van der Waals surface area contributed by atoms with Crippen molar-refractivity contribution in [3.05, 3.63) is 53.3 Å². The lowest BCUT2D eigenvalue weighted by Gasteiger charge is -2.39. The second kappa shape index (κ2) is 8.39. The number of carboxylic acids is 1. The van der Waals surface area contributed by atoms with Gasteiger partial charge in [0.2, 0.25) is 0 Å². The van der Waals surface area contributed by atoms with E-state index in [0.717, 1.165) is 29.7 Å². The first kappa shape index (κ1) is 19.2. The molecule has 1 aliphatic rings. The summed E-state index contributed by atoms with van der Waals surface area (Å²) >= 11 is 0. The predicted molar refractivity (Wildman–Crippen MR) is 102 cm³/mol. The van der Waals surface area contributed by atoms with Gasteiger partial charge in [-0.15, -0.1) is 0 Å². The van der Waals surface area contributed by atoms with Gasteiger partial charge in [-0.3, -0.25) is 14.7 Å². The molecule has 1 fully saturated rings. The maximum absolute atomic E-state index is 12.0. The Hall–Kier alpha value is -2.60. The molecule has 0 amide bonds. The molecule has 27 heavy (non-hydrogen) atoms. The minimum atomic E-state index is -0.791. The first-order chi connectivity index (χ1) is 13.1. The van der Waals surface area contributed by atoms with Crippen LogP contribution < -0.4 is 9.47 Å². The number of aryl methyl sites for hydroxylation is 1. The van der Waals surface area contributed by atoms with Crippen LogP contribution in [0.4, 0.5) is 0 Å². The first-order valence-electron chi connectivity index (χ1n) is 9.18. The molecule has 1 aliphatic heterocycles. The largest absolute Gasteiger partial charge is 0.497 e. The van der Waals surface area contributed by atoms with Gasteiger partial charge in [0.1, 0.15) is 17.5 Å². The molecule has 0 spiro atoms. The molecule has 6 nitrogen and oxygen atoms in total. The molecule has 144 valence electrons. The third kappa shape index (κ3) is 3.90. The van der Waals surface area contributed by atoms with Crippen LogP contribution in [0.3, 0.4) is 0 Å². The van der Waals surface area contributed by atoms with Crippen molar-refractivity contribution < 1.29 is 19.4 Å². The molecular formula is C21H26N2O4. The maximum Gasteiger partial charge on any atom is 0.320 e. The number of ether oxygens (including phenoxy) is 2. The Morgan fingerprint density at radius 2 is 2.07 bits per heavy atom. The van der Waals surface area contributed by atoms with Gasteiger partial charge in [0.15, 0.2) is 0 Å². The minimum Gasteiger partial charge on any atom is -0.497 e. The standard InChI is InChI=1S/C21H26N2O4/c1-14-7-6-11-22-19(14)20(23-12-5-4-8-17(23)21(24)25)16-10-9-15(26-2)13-18(16)27-3/h6-7,9-11,13,17,20H,4-5,8,12H2,1-3H3,(H,24,25). The van der Waals surface area contributed by atoms with Crippen molar-refractivity contribution in [1.82, 2.24) is 9.88 Å². The van der Waals surface area contributed by atoms with Crippen LogP contribution in [-0.2, 0) is 4.79 Å². The average molecular weight is 370 g/mol. The lowest BCUT2D eigenvalue weighted by atomic mass is 9.92. The van der Waals surface area contributed by atoms with E-state index in [2.05, 4.69) is 4.98 Å². The van der Waals surface area contributed by atoms with E-state index in [9.17, 15) is 9.90 Å². The molecule has 1 saturated heterocycles. The van der Waals surface area contributed by atoms with Crippen molar-refractivity contribution in [2.45, 2.75) is 38.3 Å². The Labute approximate surface area is 159 Å². The number of aromatic nitrogens is 1. The van der Waals surface area contributed by atoms with E-state index >= 15 is 0 Å². The van der Waals surface area contributed by atoms with Gasteiger partial charge in [0, 0.05) is 17.8 Å².